The van der Waals surface area contributed by atoms with Crippen LogP contribution in [0.4, 0.5) is 0 Å². The molecule has 0 radical (unpaired) electrons. The smallest absolute Gasteiger partial charge is 0.240 e. The van der Waals surface area contributed by atoms with Gasteiger partial charge in [0.15, 0.2) is 0 Å². The van der Waals surface area contributed by atoms with Crippen molar-refractivity contribution in [3.8, 4) is 0 Å². The van der Waals surface area contributed by atoms with E-state index in [2.05, 4.69) is 4.72 Å². The second-order valence-corrected chi connectivity index (χ2v) is 7.30. The van der Waals surface area contributed by atoms with Gasteiger partial charge in [-0.05, 0) is 24.5 Å². The van der Waals surface area contributed by atoms with E-state index in [-0.39, 0.29) is 22.9 Å². The van der Waals surface area contributed by atoms with E-state index in [9.17, 15) is 8.42 Å². The van der Waals surface area contributed by atoms with Crippen molar-refractivity contribution < 1.29 is 8.42 Å². The van der Waals surface area contributed by atoms with Gasteiger partial charge in [-0.3, -0.25) is 0 Å². The Morgan fingerprint density at radius 3 is 2.11 bits per heavy atom. The fourth-order valence-electron chi connectivity index (χ4n) is 1.55. The summed E-state index contributed by atoms with van der Waals surface area (Å²) in [4.78, 5) is 0.274. The molecule has 0 aromatic heterocycles. The molecule has 0 aliphatic rings. The molecule has 0 bridgehead atoms. The predicted molar refractivity (Wildman–Crippen MR) is 73.8 cm³/mol. The van der Waals surface area contributed by atoms with Crippen molar-refractivity contribution in [3.05, 3.63) is 29.8 Å². The minimum atomic E-state index is -3.50. The van der Waals surface area contributed by atoms with Crippen LogP contribution in [0, 0.1) is 12.3 Å². The molecule has 3 N–H and O–H groups in total. The lowest BCUT2D eigenvalue weighted by Crippen LogP contribution is -2.48. The van der Waals surface area contributed by atoms with Crippen LogP contribution in [0.3, 0.4) is 0 Å². The van der Waals surface area contributed by atoms with Gasteiger partial charge >= 0.3 is 0 Å². The van der Waals surface area contributed by atoms with E-state index >= 15 is 0 Å². The van der Waals surface area contributed by atoms with Crippen LogP contribution in [0.25, 0.3) is 0 Å². The Morgan fingerprint density at radius 1 is 1.22 bits per heavy atom. The van der Waals surface area contributed by atoms with Crippen LogP contribution in [0.2, 0.25) is 0 Å². The number of rotatable bonds is 4. The highest BCUT2D eigenvalue weighted by molar-refractivity contribution is 7.89. The fourth-order valence-corrected chi connectivity index (χ4v) is 3.01. The molecule has 0 spiro atoms. The van der Waals surface area contributed by atoms with Gasteiger partial charge in [0.05, 0.1) is 4.90 Å². The highest BCUT2D eigenvalue weighted by Gasteiger charge is 2.28. The minimum absolute atomic E-state index is 0.216. The zero-order chi connectivity index (χ0) is 14.0. The third-order valence-corrected chi connectivity index (χ3v) is 4.40. The number of benzene rings is 1. The van der Waals surface area contributed by atoms with Crippen LogP contribution in [0.1, 0.15) is 26.3 Å². The molecule has 0 aliphatic heterocycles. The van der Waals surface area contributed by atoms with Gasteiger partial charge in [-0.15, -0.1) is 0 Å². The second-order valence-electron chi connectivity index (χ2n) is 5.59. The topological polar surface area (TPSA) is 72.2 Å². The molecule has 1 aromatic carbocycles. The Hall–Kier alpha value is -0.910. The Kier molecular flexibility index (Phi) is 4.53. The molecule has 0 saturated heterocycles. The van der Waals surface area contributed by atoms with Gasteiger partial charge in [0, 0.05) is 12.6 Å². The van der Waals surface area contributed by atoms with Crippen molar-refractivity contribution in [1.82, 2.24) is 4.72 Å². The molecule has 0 heterocycles. The highest BCUT2D eigenvalue weighted by atomic mass is 32.2. The fraction of sp³-hybridized carbons (Fsp3) is 0.538. The van der Waals surface area contributed by atoms with Crippen LogP contribution in [0.15, 0.2) is 29.2 Å². The molecule has 18 heavy (non-hydrogen) atoms. The van der Waals surface area contributed by atoms with E-state index in [1.165, 1.54) is 0 Å². The Bertz CT molecular complexity index is 487. The van der Waals surface area contributed by atoms with Crippen LogP contribution < -0.4 is 10.5 Å². The summed E-state index contributed by atoms with van der Waals surface area (Å²) >= 11 is 0. The van der Waals surface area contributed by atoms with E-state index in [0.29, 0.717) is 0 Å². The van der Waals surface area contributed by atoms with E-state index < -0.39 is 10.0 Å². The molecule has 1 atom stereocenters. The average molecular weight is 270 g/mol. The van der Waals surface area contributed by atoms with Crippen LogP contribution in [-0.4, -0.2) is 21.0 Å². The summed E-state index contributed by atoms with van der Waals surface area (Å²) in [6.45, 7) is 8.07. The maximum atomic E-state index is 12.2. The number of aryl methyl sites for hydroxylation is 1. The average Bonchev–Trinajstić information content (AvgIpc) is 2.25. The summed E-state index contributed by atoms with van der Waals surface area (Å²) in [6.07, 6.45) is 0. The molecule has 1 aromatic rings. The molecule has 0 amide bonds. The van der Waals surface area contributed by atoms with Crippen LogP contribution >= 0.6 is 0 Å². The van der Waals surface area contributed by atoms with E-state index in [1.807, 2.05) is 27.7 Å². The summed E-state index contributed by atoms with van der Waals surface area (Å²) in [5.74, 6) is 0. The van der Waals surface area contributed by atoms with Crippen molar-refractivity contribution in [2.75, 3.05) is 6.54 Å². The zero-order valence-electron chi connectivity index (χ0n) is 11.4. The molecule has 0 saturated carbocycles. The Labute approximate surface area is 110 Å². The van der Waals surface area contributed by atoms with Gasteiger partial charge in [0.2, 0.25) is 10.0 Å². The van der Waals surface area contributed by atoms with Crippen molar-refractivity contribution in [2.24, 2.45) is 11.1 Å². The summed E-state index contributed by atoms with van der Waals surface area (Å²) < 4.78 is 27.1. The predicted octanol–water partition coefficient (Wildman–Crippen LogP) is 1.65. The maximum absolute atomic E-state index is 12.2. The van der Waals surface area contributed by atoms with Crippen LogP contribution in [0.5, 0.6) is 0 Å². The first-order chi connectivity index (χ1) is 8.16. The summed E-state index contributed by atoms with van der Waals surface area (Å²) in [5, 5.41) is 0. The van der Waals surface area contributed by atoms with E-state index in [0.717, 1.165) is 5.56 Å². The molecule has 5 heteroatoms. The standard InChI is InChI=1S/C13H22N2O2S/c1-10-5-7-11(8-6-10)18(16,17)15-12(9-14)13(2,3)4/h5-8,12,15H,9,14H2,1-4H3. The third-order valence-electron chi connectivity index (χ3n) is 2.91. The number of hydrogen-bond acceptors (Lipinski definition) is 3. The van der Waals surface area contributed by atoms with Crippen molar-refractivity contribution in [3.63, 3.8) is 0 Å². The van der Waals surface area contributed by atoms with Gasteiger partial charge in [-0.25, -0.2) is 13.1 Å². The highest BCUT2D eigenvalue weighted by Crippen LogP contribution is 2.20. The number of nitrogens with two attached hydrogens (primary N) is 1. The number of hydrogen-bond donors (Lipinski definition) is 2. The molecule has 1 rings (SSSR count). The molecule has 4 nitrogen and oxygen atoms in total. The Morgan fingerprint density at radius 2 is 1.72 bits per heavy atom. The lowest BCUT2D eigenvalue weighted by Gasteiger charge is -2.30. The van der Waals surface area contributed by atoms with Crippen molar-refractivity contribution >= 4 is 10.0 Å². The Balaban J connectivity index is 2.98. The maximum Gasteiger partial charge on any atom is 0.240 e. The third kappa shape index (κ3) is 3.80. The van der Waals surface area contributed by atoms with Gasteiger partial charge < -0.3 is 5.73 Å². The molecular formula is C13H22N2O2S. The number of sulfonamides is 1. The molecule has 1 unspecified atom stereocenters. The van der Waals surface area contributed by atoms with Crippen molar-refractivity contribution in [2.45, 2.75) is 38.6 Å². The summed E-state index contributed by atoms with van der Waals surface area (Å²) in [7, 11) is -3.50. The number of nitrogens with one attached hydrogen (secondary N) is 1. The van der Waals surface area contributed by atoms with Crippen molar-refractivity contribution in [1.29, 1.82) is 0 Å². The zero-order valence-corrected chi connectivity index (χ0v) is 12.2. The molecule has 102 valence electrons. The quantitative estimate of drug-likeness (QED) is 0.873. The molecular weight excluding hydrogens is 248 g/mol. The minimum Gasteiger partial charge on any atom is -0.329 e. The SMILES string of the molecule is Cc1ccc(S(=O)(=O)NC(CN)C(C)(C)C)cc1. The van der Waals surface area contributed by atoms with Crippen LogP contribution in [-0.2, 0) is 10.0 Å². The first kappa shape index (κ1) is 15.1. The molecule has 0 aliphatic carbocycles. The first-order valence-electron chi connectivity index (χ1n) is 5.96. The largest absolute Gasteiger partial charge is 0.329 e. The summed E-state index contributed by atoms with van der Waals surface area (Å²) in [6, 6.07) is 6.48. The lowest BCUT2D eigenvalue weighted by atomic mass is 9.88. The van der Waals surface area contributed by atoms with Gasteiger partial charge in [0.25, 0.3) is 0 Å². The first-order valence-corrected chi connectivity index (χ1v) is 7.44. The van der Waals surface area contributed by atoms with E-state index in [1.54, 1.807) is 24.3 Å². The van der Waals surface area contributed by atoms with Gasteiger partial charge in [-0.2, -0.15) is 0 Å². The molecule has 0 fully saturated rings. The van der Waals surface area contributed by atoms with Gasteiger partial charge in [0.1, 0.15) is 0 Å². The van der Waals surface area contributed by atoms with E-state index in [4.69, 9.17) is 5.73 Å². The van der Waals surface area contributed by atoms with Gasteiger partial charge in [-0.1, -0.05) is 38.5 Å². The lowest BCUT2D eigenvalue weighted by molar-refractivity contribution is 0.304. The second kappa shape index (κ2) is 5.38. The monoisotopic (exact) mass is 270 g/mol. The normalized spacial score (nSPS) is 14.5. The summed E-state index contributed by atoms with van der Waals surface area (Å²) in [5.41, 5.74) is 6.45.